The molecule has 6 heteroatoms. The van der Waals surface area contributed by atoms with Crippen molar-refractivity contribution in [2.24, 2.45) is 11.7 Å². The molecule has 1 radical (unpaired) electrons. The van der Waals surface area contributed by atoms with Crippen LogP contribution in [0.25, 0.3) is 0 Å². The Bertz CT molecular complexity index is 109. The maximum absolute atomic E-state index is 5.46. The minimum atomic E-state index is 0. The van der Waals surface area contributed by atoms with Crippen molar-refractivity contribution in [1.29, 1.82) is 0 Å². The molecular formula is C5H14N4NaS. The van der Waals surface area contributed by atoms with Gasteiger partial charge in [-0.15, -0.1) is 0 Å². The number of rotatable bonds is 2. The molecule has 0 saturated carbocycles. The van der Waals surface area contributed by atoms with Crippen molar-refractivity contribution in [3.05, 3.63) is 0 Å². The zero-order valence-corrected chi connectivity index (χ0v) is 10.2. The molecule has 0 aliphatic heterocycles. The Morgan fingerprint density at radius 2 is 1.45 bits per heavy atom. The minimum absolute atomic E-state index is 0. The summed E-state index contributed by atoms with van der Waals surface area (Å²) in [5.41, 5.74) is 0. The summed E-state index contributed by atoms with van der Waals surface area (Å²) in [7, 11) is 0. The van der Waals surface area contributed by atoms with Crippen LogP contribution in [-0.4, -0.2) is 57.8 Å². The Morgan fingerprint density at radius 3 is 1.64 bits per heavy atom. The summed E-state index contributed by atoms with van der Waals surface area (Å²) >= 11 is 4.90. The summed E-state index contributed by atoms with van der Waals surface area (Å²) in [5.74, 6) is 10.9. The van der Waals surface area contributed by atoms with Gasteiger partial charge in [0.15, 0.2) is 5.11 Å². The molecule has 4 N–H and O–H groups in total. The summed E-state index contributed by atoms with van der Waals surface area (Å²) in [4.78, 5) is 0. The van der Waals surface area contributed by atoms with Crippen molar-refractivity contribution in [1.82, 2.24) is 10.0 Å². The summed E-state index contributed by atoms with van der Waals surface area (Å²) in [5, 5.41) is 3.34. The standard InChI is InChI=1S/C5H14N4S.Na/c1-3-8(6)5(10)9(7)4-2;/h3-4,6-7H2,1-2H3;. The Labute approximate surface area is 95.1 Å². The molecule has 0 fully saturated rings. The molecule has 0 aromatic heterocycles. The van der Waals surface area contributed by atoms with E-state index < -0.39 is 0 Å². The van der Waals surface area contributed by atoms with Crippen molar-refractivity contribution in [3.63, 3.8) is 0 Å². The summed E-state index contributed by atoms with van der Waals surface area (Å²) in [6, 6.07) is 0. The van der Waals surface area contributed by atoms with Crippen LogP contribution in [-0.2, 0) is 0 Å². The fourth-order valence-electron chi connectivity index (χ4n) is 0.436. The van der Waals surface area contributed by atoms with Gasteiger partial charge < -0.3 is 0 Å². The fourth-order valence-corrected chi connectivity index (χ4v) is 0.694. The minimum Gasteiger partial charge on any atom is -0.286 e. The molecule has 0 rings (SSSR count). The first-order valence-corrected chi connectivity index (χ1v) is 3.62. The molecule has 0 aromatic carbocycles. The van der Waals surface area contributed by atoms with Gasteiger partial charge in [0.2, 0.25) is 0 Å². The van der Waals surface area contributed by atoms with E-state index in [1.54, 1.807) is 0 Å². The Morgan fingerprint density at radius 1 is 1.18 bits per heavy atom. The second kappa shape index (κ2) is 7.27. The maximum atomic E-state index is 5.46. The number of nitrogens with zero attached hydrogens (tertiary/aromatic N) is 2. The predicted molar refractivity (Wildman–Crippen MR) is 51.5 cm³/mol. The van der Waals surface area contributed by atoms with E-state index >= 15 is 0 Å². The van der Waals surface area contributed by atoms with Crippen molar-refractivity contribution in [3.8, 4) is 0 Å². The number of nitrogens with two attached hydrogens (primary N) is 2. The largest absolute Gasteiger partial charge is 0.286 e. The van der Waals surface area contributed by atoms with Gasteiger partial charge in [-0.25, -0.2) is 11.7 Å². The van der Waals surface area contributed by atoms with Crippen LogP contribution in [0.4, 0.5) is 0 Å². The first-order valence-electron chi connectivity index (χ1n) is 3.21. The SMILES string of the molecule is CCN(N)C(=S)N(N)CC.[Na]. The van der Waals surface area contributed by atoms with Gasteiger partial charge in [-0.2, -0.15) is 0 Å². The number of hydrogen-bond acceptors (Lipinski definition) is 3. The number of thiocarbonyl (C=S) groups is 1. The van der Waals surface area contributed by atoms with E-state index in [0.29, 0.717) is 18.2 Å². The molecule has 0 aliphatic rings. The summed E-state index contributed by atoms with van der Waals surface area (Å²) in [6.45, 7) is 5.17. The summed E-state index contributed by atoms with van der Waals surface area (Å²) in [6.07, 6.45) is 0. The molecule has 0 atom stereocenters. The summed E-state index contributed by atoms with van der Waals surface area (Å²) < 4.78 is 0. The zero-order chi connectivity index (χ0) is 8.15. The number of hydrazine groups is 2. The average Bonchev–Trinajstić information content (AvgIpc) is 2.00. The molecule has 0 aliphatic carbocycles. The second-order valence-electron chi connectivity index (χ2n) is 1.85. The van der Waals surface area contributed by atoms with E-state index in [1.165, 1.54) is 10.0 Å². The van der Waals surface area contributed by atoms with E-state index in [0.717, 1.165) is 0 Å². The normalized spacial score (nSPS) is 8.36. The Kier molecular flexibility index (Phi) is 9.35. The van der Waals surface area contributed by atoms with Crippen molar-refractivity contribution in [2.45, 2.75) is 13.8 Å². The van der Waals surface area contributed by atoms with Gasteiger partial charge in [-0.05, 0) is 26.1 Å². The van der Waals surface area contributed by atoms with Gasteiger partial charge in [-0.1, -0.05) is 0 Å². The van der Waals surface area contributed by atoms with Crippen LogP contribution in [0.15, 0.2) is 0 Å². The van der Waals surface area contributed by atoms with Gasteiger partial charge in [0.25, 0.3) is 0 Å². The van der Waals surface area contributed by atoms with Gasteiger partial charge in [0.1, 0.15) is 0 Å². The third kappa shape index (κ3) is 4.95. The molecule has 0 unspecified atom stereocenters. The third-order valence-electron chi connectivity index (χ3n) is 1.17. The Balaban J connectivity index is 0. The molecule has 0 aromatic rings. The number of hydrogen-bond donors (Lipinski definition) is 2. The van der Waals surface area contributed by atoms with Gasteiger partial charge in [0.05, 0.1) is 0 Å². The fraction of sp³-hybridized carbons (Fsp3) is 0.800. The maximum Gasteiger partial charge on any atom is 0.200 e. The molecular weight excluding hydrogens is 171 g/mol. The monoisotopic (exact) mass is 185 g/mol. The third-order valence-corrected chi connectivity index (χ3v) is 1.64. The molecule has 61 valence electrons. The van der Waals surface area contributed by atoms with Crippen LogP contribution in [0.2, 0.25) is 0 Å². The zero-order valence-electron chi connectivity index (χ0n) is 7.37. The Hall–Kier alpha value is 0.610. The van der Waals surface area contributed by atoms with Crippen molar-refractivity contribution < 1.29 is 0 Å². The van der Waals surface area contributed by atoms with E-state index in [2.05, 4.69) is 0 Å². The van der Waals surface area contributed by atoms with Crippen molar-refractivity contribution in [2.75, 3.05) is 13.1 Å². The van der Waals surface area contributed by atoms with Crippen LogP contribution in [0.1, 0.15) is 13.8 Å². The van der Waals surface area contributed by atoms with E-state index in [4.69, 9.17) is 23.9 Å². The second-order valence-corrected chi connectivity index (χ2v) is 2.22. The van der Waals surface area contributed by atoms with Gasteiger partial charge in [-0.3, -0.25) is 10.0 Å². The van der Waals surface area contributed by atoms with Crippen LogP contribution >= 0.6 is 12.2 Å². The molecule has 0 heterocycles. The predicted octanol–water partition coefficient (Wildman–Crippen LogP) is -0.718. The smallest absolute Gasteiger partial charge is 0.200 e. The van der Waals surface area contributed by atoms with Crippen LogP contribution in [0.3, 0.4) is 0 Å². The first-order chi connectivity index (χ1) is 4.63. The van der Waals surface area contributed by atoms with Crippen LogP contribution in [0, 0.1) is 0 Å². The van der Waals surface area contributed by atoms with E-state index in [9.17, 15) is 0 Å². The van der Waals surface area contributed by atoms with Gasteiger partial charge >= 0.3 is 0 Å². The molecule has 0 bridgehead atoms. The van der Waals surface area contributed by atoms with Crippen LogP contribution in [0.5, 0.6) is 0 Å². The molecule has 0 saturated heterocycles. The van der Waals surface area contributed by atoms with Crippen LogP contribution < -0.4 is 11.7 Å². The van der Waals surface area contributed by atoms with E-state index in [-0.39, 0.29) is 29.6 Å². The first kappa shape index (κ1) is 14.2. The molecule has 11 heavy (non-hydrogen) atoms. The van der Waals surface area contributed by atoms with Crippen molar-refractivity contribution >= 4 is 46.9 Å². The average molecular weight is 185 g/mol. The topological polar surface area (TPSA) is 58.5 Å². The van der Waals surface area contributed by atoms with Gasteiger partial charge in [0, 0.05) is 42.6 Å². The quantitative estimate of drug-likeness (QED) is 0.257. The van der Waals surface area contributed by atoms with E-state index in [1.807, 2.05) is 13.8 Å². The molecule has 0 amide bonds. The molecule has 4 nitrogen and oxygen atoms in total. The molecule has 0 spiro atoms.